The zero-order chi connectivity index (χ0) is 14.8. The molecule has 1 saturated carbocycles. The van der Waals surface area contributed by atoms with Crippen molar-refractivity contribution in [2.24, 2.45) is 5.92 Å². The van der Waals surface area contributed by atoms with Crippen molar-refractivity contribution >= 4 is 22.8 Å². The highest BCUT2D eigenvalue weighted by atomic mass is 16.4. The third-order valence-corrected chi connectivity index (χ3v) is 4.19. The number of fused-ring (bicyclic) bond motifs is 1. The molecule has 1 aliphatic carbocycles. The van der Waals surface area contributed by atoms with Crippen molar-refractivity contribution in [1.82, 2.24) is 10.3 Å². The lowest BCUT2D eigenvalue weighted by Gasteiger charge is -2.27. The molecule has 21 heavy (non-hydrogen) atoms. The van der Waals surface area contributed by atoms with Crippen LogP contribution < -0.4 is 5.32 Å². The number of aliphatic carboxylic acids is 1. The van der Waals surface area contributed by atoms with Crippen LogP contribution in [0.5, 0.6) is 0 Å². The molecule has 0 bridgehead atoms. The van der Waals surface area contributed by atoms with Gasteiger partial charge in [-0.05, 0) is 31.4 Å². The van der Waals surface area contributed by atoms with Gasteiger partial charge in [0.15, 0.2) is 0 Å². The fourth-order valence-corrected chi connectivity index (χ4v) is 3.08. The van der Waals surface area contributed by atoms with Gasteiger partial charge in [0.1, 0.15) is 0 Å². The van der Waals surface area contributed by atoms with E-state index in [0.29, 0.717) is 18.4 Å². The van der Waals surface area contributed by atoms with Crippen molar-refractivity contribution in [2.45, 2.75) is 31.7 Å². The van der Waals surface area contributed by atoms with E-state index >= 15 is 0 Å². The quantitative estimate of drug-likeness (QED) is 0.811. The maximum Gasteiger partial charge on any atom is 0.306 e. The lowest BCUT2D eigenvalue weighted by atomic mass is 9.85. The van der Waals surface area contributed by atoms with Crippen LogP contribution in [0.2, 0.25) is 0 Å². The first kappa shape index (κ1) is 13.7. The molecule has 110 valence electrons. The highest BCUT2D eigenvalue weighted by Crippen LogP contribution is 2.25. The summed E-state index contributed by atoms with van der Waals surface area (Å²) < 4.78 is 0. The number of H-pyrrole nitrogens is 1. The first-order valence-electron chi connectivity index (χ1n) is 7.25. The summed E-state index contributed by atoms with van der Waals surface area (Å²) in [5.41, 5.74) is 1.43. The summed E-state index contributed by atoms with van der Waals surface area (Å²) in [6, 6.07) is 7.45. The lowest BCUT2D eigenvalue weighted by Crippen LogP contribution is -2.40. The SMILES string of the molecule is O=C(NC1CCCC(C(=O)O)C1)c1cccc2cc[nH]c12. The highest BCUT2D eigenvalue weighted by Gasteiger charge is 2.28. The molecule has 0 aliphatic heterocycles. The molecule has 1 aliphatic rings. The van der Waals surface area contributed by atoms with Crippen LogP contribution in [0, 0.1) is 5.92 Å². The summed E-state index contributed by atoms with van der Waals surface area (Å²) in [7, 11) is 0. The normalized spacial score (nSPS) is 22.1. The number of hydrogen-bond donors (Lipinski definition) is 3. The van der Waals surface area contributed by atoms with Crippen molar-refractivity contribution in [1.29, 1.82) is 0 Å². The second-order valence-corrected chi connectivity index (χ2v) is 5.62. The van der Waals surface area contributed by atoms with Gasteiger partial charge in [-0.25, -0.2) is 0 Å². The van der Waals surface area contributed by atoms with Gasteiger partial charge in [0, 0.05) is 17.6 Å². The summed E-state index contributed by atoms with van der Waals surface area (Å²) in [6.45, 7) is 0. The average Bonchev–Trinajstić information content (AvgIpc) is 2.95. The van der Waals surface area contributed by atoms with Crippen LogP contribution >= 0.6 is 0 Å². The Kier molecular flexibility index (Phi) is 3.64. The summed E-state index contributed by atoms with van der Waals surface area (Å²) in [5, 5.41) is 13.1. The molecular formula is C16H18N2O3. The lowest BCUT2D eigenvalue weighted by molar-refractivity contribution is -0.143. The Morgan fingerprint density at radius 2 is 2.10 bits per heavy atom. The Bertz CT molecular complexity index is 677. The van der Waals surface area contributed by atoms with Crippen molar-refractivity contribution < 1.29 is 14.7 Å². The number of carboxylic acid groups (broad SMARTS) is 1. The Hall–Kier alpha value is -2.30. The largest absolute Gasteiger partial charge is 0.481 e. The van der Waals surface area contributed by atoms with Crippen LogP contribution in [0.15, 0.2) is 30.5 Å². The standard InChI is InChI=1S/C16H18N2O3/c19-15(13-6-2-3-10-7-8-17-14(10)13)18-12-5-1-4-11(9-12)16(20)21/h2-3,6-8,11-12,17H,1,4-5,9H2,(H,18,19)(H,20,21). The Morgan fingerprint density at radius 1 is 1.24 bits per heavy atom. The summed E-state index contributed by atoms with van der Waals surface area (Å²) >= 11 is 0. The van der Waals surface area contributed by atoms with Gasteiger partial charge in [-0.1, -0.05) is 18.6 Å². The van der Waals surface area contributed by atoms with Gasteiger partial charge in [0.25, 0.3) is 5.91 Å². The van der Waals surface area contributed by atoms with E-state index < -0.39 is 5.97 Å². The van der Waals surface area contributed by atoms with E-state index in [-0.39, 0.29) is 17.9 Å². The molecule has 3 N–H and O–H groups in total. The van der Waals surface area contributed by atoms with E-state index in [4.69, 9.17) is 5.11 Å². The van der Waals surface area contributed by atoms with E-state index in [2.05, 4.69) is 10.3 Å². The Labute approximate surface area is 122 Å². The van der Waals surface area contributed by atoms with Gasteiger partial charge in [-0.2, -0.15) is 0 Å². The summed E-state index contributed by atoms with van der Waals surface area (Å²) in [4.78, 5) is 26.6. The van der Waals surface area contributed by atoms with Crippen molar-refractivity contribution in [3.63, 3.8) is 0 Å². The first-order valence-corrected chi connectivity index (χ1v) is 7.25. The van der Waals surface area contributed by atoms with Crippen molar-refractivity contribution in [3.8, 4) is 0 Å². The maximum absolute atomic E-state index is 12.4. The third-order valence-electron chi connectivity index (χ3n) is 4.19. The molecule has 3 rings (SSSR count). The molecule has 5 nitrogen and oxygen atoms in total. The number of benzene rings is 1. The number of aromatic nitrogens is 1. The molecule has 1 fully saturated rings. The summed E-state index contributed by atoms with van der Waals surface area (Å²) in [5.74, 6) is -1.25. The number of para-hydroxylation sites is 1. The first-order chi connectivity index (χ1) is 10.1. The molecule has 1 aromatic heterocycles. The number of rotatable bonds is 3. The molecule has 2 aromatic rings. The van der Waals surface area contributed by atoms with Crippen LogP contribution in [0.4, 0.5) is 0 Å². The number of hydrogen-bond acceptors (Lipinski definition) is 2. The number of carbonyl (C=O) groups is 2. The average molecular weight is 286 g/mol. The highest BCUT2D eigenvalue weighted by molar-refractivity contribution is 6.05. The predicted molar refractivity (Wildman–Crippen MR) is 79.1 cm³/mol. The van der Waals surface area contributed by atoms with E-state index in [1.807, 2.05) is 24.4 Å². The molecule has 1 amide bonds. The molecule has 1 aromatic carbocycles. The zero-order valence-corrected chi connectivity index (χ0v) is 11.6. The Balaban J connectivity index is 1.74. The van der Waals surface area contributed by atoms with Crippen molar-refractivity contribution in [3.05, 3.63) is 36.0 Å². The minimum atomic E-state index is -0.764. The number of carbonyl (C=O) groups excluding carboxylic acids is 1. The fraction of sp³-hybridized carbons (Fsp3) is 0.375. The smallest absolute Gasteiger partial charge is 0.306 e. The number of aromatic amines is 1. The molecule has 0 saturated heterocycles. The second-order valence-electron chi connectivity index (χ2n) is 5.62. The monoisotopic (exact) mass is 286 g/mol. The van der Waals surface area contributed by atoms with Gasteiger partial charge in [0.2, 0.25) is 0 Å². The van der Waals surface area contributed by atoms with Crippen LogP contribution in [0.25, 0.3) is 10.9 Å². The van der Waals surface area contributed by atoms with Gasteiger partial charge < -0.3 is 15.4 Å². The predicted octanol–water partition coefficient (Wildman–Crippen LogP) is 2.54. The number of nitrogens with one attached hydrogen (secondary N) is 2. The molecule has 1 heterocycles. The van der Waals surface area contributed by atoms with E-state index in [9.17, 15) is 9.59 Å². The summed E-state index contributed by atoms with van der Waals surface area (Å²) in [6.07, 6.45) is 4.71. The third kappa shape index (κ3) is 2.77. The number of amides is 1. The molecule has 2 atom stereocenters. The molecular weight excluding hydrogens is 268 g/mol. The van der Waals surface area contributed by atoms with Crippen LogP contribution in [0.3, 0.4) is 0 Å². The van der Waals surface area contributed by atoms with Gasteiger partial charge in [0.05, 0.1) is 17.0 Å². The minimum Gasteiger partial charge on any atom is -0.481 e. The Morgan fingerprint density at radius 3 is 2.90 bits per heavy atom. The maximum atomic E-state index is 12.4. The zero-order valence-electron chi connectivity index (χ0n) is 11.6. The minimum absolute atomic E-state index is 0.0578. The molecule has 2 unspecified atom stereocenters. The van der Waals surface area contributed by atoms with Gasteiger partial charge in [-0.15, -0.1) is 0 Å². The van der Waals surface area contributed by atoms with Crippen LogP contribution in [-0.2, 0) is 4.79 Å². The van der Waals surface area contributed by atoms with E-state index in [1.165, 1.54) is 0 Å². The van der Waals surface area contributed by atoms with Crippen LogP contribution in [0.1, 0.15) is 36.0 Å². The fourth-order valence-electron chi connectivity index (χ4n) is 3.08. The van der Waals surface area contributed by atoms with Crippen molar-refractivity contribution in [2.75, 3.05) is 0 Å². The number of carboxylic acids is 1. The van der Waals surface area contributed by atoms with E-state index in [1.54, 1.807) is 6.07 Å². The van der Waals surface area contributed by atoms with Gasteiger partial charge >= 0.3 is 5.97 Å². The topological polar surface area (TPSA) is 82.2 Å². The molecule has 0 radical (unpaired) electrons. The van der Waals surface area contributed by atoms with E-state index in [0.717, 1.165) is 23.7 Å². The molecule has 0 spiro atoms. The second kappa shape index (κ2) is 5.60. The van der Waals surface area contributed by atoms with Gasteiger partial charge in [-0.3, -0.25) is 9.59 Å². The van der Waals surface area contributed by atoms with Crippen LogP contribution in [-0.4, -0.2) is 28.0 Å². The molecule has 5 heteroatoms.